The van der Waals surface area contributed by atoms with Gasteiger partial charge in [-0.3, -0.25) is 9.69 Å². The Morgan fingerprint density at radius 2 is 2.00 bits per heavy atom. The van der Waals surface area contributed by atoms with Crippen molar-refractivity contribution in [3.63, 3.8) is 0 Å². The van der Waals surface area contributed by atoms with Crippen LogP contribution in [0.1, 0.15) is 49.4 Å². The monoisotopic (exact) mass is 416 g/mol. The Morgan fingerprint density at radius 1 is 1.21 bits per heavy atom. The molecule has 0 radical (unpaired) electrons. The summed E-state index contributed by atoms with van der Waals surface area (Å²) in [6.07, 6.45) is 3.96. The predicted octanol–water partition coefficient (Wildman–Crippen LogP) is 3.28. The van der Waals surface area contributed by atoms with Gasteiger partial charge < -0.3 is 9.64 Å². The Balaban J connectivity index is 1.43. The molecule has 0 bridgehead atoms. The topological polar surface area (TPSA) is 50.6 Å². The molecule has 2 aliphatic heterocycles. The molecule has 6 nitrogen and oxygen atoms in total. The maximum absolute atomic E-state index is 12.8. The van der Waals surface area contributed by atoms with Crippen LogP contribution in [0.4, 0.5) is 5.69 Å². The van der Waals surface area contributed by atoms with Crippen molar-refractivity contribution in [3.8, 4) is 0 Å². The number of aromatic nitrogens is 2. The van der Waals surface area contributed by atoms with Crippen molar-refractivity contribution < 1.29 is 4.74 Å². The van der Waals surface area contributed by atoms with E-state index in [4.69, 9.17) is 4.74 Å². The second-order valence-electron chi connectivity index (χ2n) is 9.14. The maximum Gasteiger partial charge on any atom is 0.269 e. The Labute approximate surface area is 177 Å². The van der Waals surface area contributed by atoms with Crippen LogP contribution in [-0.4, -0.2) is 54.1 Å². The zero-order valence-electron chi connectivity index (χ0n) is 17.8. The number of thiophene rings is 1. The average Bonchev–Trinajstić information content (AvgIpc) is 3.18. The van der Waals surface area contributed by atoms with Crippen LogP contribution < -0.4 is 10.5 Å². The lowest BCUT2D eigenvalue weighted by atomic mass is 9.95. The van der Waals surface area contributed by atoms with Gasteiger partial charge in [0.2, 0.25) is 0 Å². The molecule has 2 aliphatic rings. The van der Waals surface area contributed by atoms with Crippen molar-refractivity contribution in [2.45, 2.75) is 51.6 Å². The highest BCUT2D eigenvalue weighted by Gasteiger charge is 2.24. The smallest absolute Gasteiger partial charge is 0.269 e. The van der Waals surface area contributed by atoms with Gasteiger partial charge in [0.1, 0.15) is 0 Å². The van der Waals surface area contributed by atoms with Gasteiger partial charge in [-0.15, -0.1) is 11.3 Å². The molecule has 4 heterocycles. The summed E-state index contributed by atoms with van der Waals surface area (Å²) in [6.45, 7) is 12.8. The lowest BCUT2D eigenvalue weighted by Crippen LogP contribution is -2.41. The van der Waals surface area contributed by atoms with Crippen LogP contribution in [0.3, 0.4) is 0 Å². The largest absolute Gasteiger partial charge is 0.378 e. The maximum atomic E-state index is 12.8. The van der Waals surface area contributed by atoms with Crippen LogP contribution in [-0.2, 0) is 16.7 Å². The lowest BCUT2D eigenvalue weighted by molar-refractivity contribution is 0.122. The third-order valence-corrected chi connectivity index (χ3v) is 7.29. The summed E-state index contributed by atoms with van der Waals surface area (Å²) in [5.74, 6) is 0. The summed E-state index contributed by atoms with van der Waals surface area (Å²) in [5, 5.41) is 4.55. The quantitative estimate of drug-likeness (QED) is 0.766. The minimum atomic E-state index is 0.00647. The van der Waals surface area contributed by atoms with E-state index in [0.717, 1.165) is 51.3 Å². The fourth-order valence-electron chi connectivity index (χ4n) is 4.14. The van der Waals surface area contributed by atoms with Crippen LogP contribution >= 0.6 is 11.3 Å². The number of piperidine rings is 1. The molecule has 2 saturated heterocycles. The summed E-state index contributed by atoms with van der Waals surface area (Å²) in [4.78, 5) is 20.3. The second kappa shape index (κ2) is 8.58. The third kappa shape index (κ3) is 4.90. The Morgan fingerprint density at radius 3 is 2.69 bits per heavy atom. The molecule has 0 N–H and O–H groups in total. The summed E-state index contributed by atoms with van der Waals surface area (Å²) in [7, 11) is 0. The normalized spacial score (nSPS) is 21.5. The molecule has 158 valence electrons. The first kappa shape index (κ1) is 20.6. The SMILES string of the molecule is CC(C)(C)c1ccc(CN2CCC[C@@H](n3ncc(N4CCOCC4)cc3=O)C2)s1. The van der Waals surface area contributed by atoms with E-state index < -0.39 is 0 Å². The molecule has 0 aliphatic carbocycles. The van der Waals surface area contributed by atoms with Gasteiger partial charge in [0, 0.05) is 42.0 Å². The zero-order chi connectivity index (χ0) is 20.4. The van der Waals surface area contributed by atoms with E-state index >= 15 is 0 Å². The molecular formula is C22H32N4O2S. The Hall–Kier alpha value is -1.70. The standard InChI is InChI=1S/C22H32N4O2S/c1-22(2,3)20-7-6-19(29-20)16-24-8-4-5-17(15-24)26-21(27)13-18(14-23-26)25-9-11-28-12-10-25/h6-7,13-14,17H,4-5,8-12,15-16H2,1-3H3/t17-/m1/s1. The van der Waals surface area contributed by atoms with Crippen molar-refractivity contribution in [2.75, 3.05) is 44.3 Å². The first-order valence-corrected chi connectivity index (χ1v) is 11.4. The van der Waals surface area contributed by atoms with Crippen LogP contribution in [0, 0.1) is 0 Å². The Kier molecular flexibility index (Phi) is 6.08. The van der Waals surface area contributed by atoms with Crippen LogP contribution in [0.2, 0.25) is 0 Å². The third-order valence-electron chi connectivity index (χ3n) is 5.79. The molecule has 0 saturated carbocycles. The zero-order valence-corrected chi connectivity index (χ0v) is 18.6. The molecule has 0 amide bonds. The van der Waals surface area contributed by atoms with Gasteiger partial charge in [-0.2, -0.15) is 5.10 Å². The molecule has 0 spiro atoms. The Bertz CT molecular complexity index is 879. The average molecular weight is 417 g/mol. The fourth-order valence-corrected chi connectivity index (χ4v) is 5.25. The number of morpholine rings is 1. The summed E-state index contributed by atoms with van der Waals surface area (Å²) < 4.78 is 7.10. The van der Waals surface area contributed by atoms with Crippen molar-refractivity contribution in [1.29, 1.82) is 0 Å². The fraction of sp³-hybridized carbons (Fsp3) is 0.636. The molecule has 2 aromatic rings. The van der Waals surface area contributed by atoms with E-state index in [2.05, 4.69) is 47.8 Å². The van der Waals surface area contributed by atoms with Gasteiger partial charge in [0.05, 0.1) is 31.1 Å². The van der Waals surface area contributed by atoms with E-state index in [-0.39, 0.29) is 17.0 Å². The number of hydrogen-bond acceptors (Lipinski definition) is 6. The highest BCUT2D eigenvalue weighted by Crippen LogP contribution is 2.31. The van der Waals surface area contributed by atoms with Crippen LogP contribution in [0.25, 0.3) is 0 Å². The number of hydrogen-bond donors (Lipinski definition) is 0. The number of ether oxygens (including phenoxy) is 1. The number of nitrogens with zero attached hydrogens (tertiary/aromatic N) is 4. The first-order valence-electron chi connectivity index (χ1n) is 10.6. The number of anilines is 1. The van der Waals surface area contributed by atoms with Crippen LogP contribution in [0.15, 0.2) is 29.2 Å². The molecule has 2 fully saturated rings. The lowest BCUT2D eigenvalue weighted by Gasteiger charge is -2.33. The number of rotatable bonds is 4. The minimum absolute atomic E-state index is 0.00647. The molecule has 4 rings (SSSR count). The summed E-state index contributed by atoms with van der Waals surface area (Å²) >= 11 is 1.91. The molecule has 1 atom stereocenters. The first-order chi connectivity index (χ1) is 13.9. The van der Waals surface area contributed by atoms with Crippen LogP contribution in [0.5, 0.6) is 0 Å². The summed E-state index contributed by atoms with van der Waals surface area (Å²) in [6, 6.07) is 6.41. The number of likely N-dealkylation sites (tertiary alicyclic amines) is 1. The van der Waals surface area contributed by atoms with Gasteiger partial charge in [0.15, 0.2) is 0 Å². The van der Waals surface area contributed by atoms with Crippen molar-refractivity contribution in [1.82, 2.24) is 14.7 Å². The summed E-state index contributed by atoms with van der Waals surface area (Å²) in [5.41, 5.74) is 1.12. The van der Waals surface area contributed by atoms with Crippen molar-refractivity contribution in [3.05, 3.63) is 44.5 Å². The van der Waals surface area contributed by atoms with E-state index in [1.54, 1.807) is 10.7 Å². The highest BCUT2D eigenvalue weighted by molar-refractivity contribution is 7.12. The van der Waals surface area contributed by atoms with Gasteiger partial charge in [-0.05, 0) is 36.9 Å². The van der Waals surface area contributed by atoms with E-state index in [0.29, 0.717) is 13.2 Å². The predicted molar refractivity (Wildman–Crippen MR) is 118 cm³/mol. The van der Waals surface area contributed by atoms with E-state index in [1.807, 2.05) is 17.5 Å². The van der Waals surface area contributed by atoms with Crippen molar-refractivity contribution in [2.24, 2.45) is 0 Å². The molecule has 0 aromatic carbocycles. The molecule has 7 heteroatoms. The van der Waals surface area contributed by atoms with Gasteiger partial charge in [-0.1, -0.05) is 20.8 Å². The van der Waals surface area contributed by atoms with Gasteiger partial charge in [0.25, 0.3) is 5.56 Å². The second-order valence-corrected chi connectivity index (χ2v) is 10.3. The minimum Gasteiger partial charge on any atom is -0.378 e. The molecule has 2 aromatic heterocycles. The van der Waals surface area contributed by atoms with E-state index in [1.165, 1.54) is 9.75 Å². The highest BCUT2D eigenvalue weighted by atomic mass is 32.1. The molecule has 29 heavy (non-hydrogen) atoms. The van der Waals surface area contributed by atoms with Gasteiger partial charge in [-0.25, -0.2) is 4.68 Å². The van der Waals surface area contributed by atoms with Gasteiger partial charge >= 0.3 is 0 Å². The molecule has 0 unspecified atom stereocenters. The van der Waals surface area contributed by atoms with E-state index in [9.17, 15) is 4.79 Å². The van der Waals surface area contributed by atoms with Crippen molar-refractivity contribution >= 4 is 17.0 Å². The molecular weight excluding hydrogens is 384 g/mol.